The van der Waals surface area contributed by atoms with Gasteiger partial charge in [0, 0.05) is 6.07 Å². The van der Waals surface area contributed by atoms with E-state index < -0.39 is 9.84 Å². The second-order valence-corrected chi connectivity index (χ2v) is 7.03. The van der Waals surface area contributed by atoms with Gasteiger partial charge in [-0.2, -0.15) is 0 Å². The standard InChI is InChI=1S/C13H17NO4S/c15-19(16,10-3-5-14-6-4-10)11-1-2-12-13(9-11)18-8-7-17-12/h1-2,9-10,14H,3-8H2. The molecule has 104 valence electrons. The quantitative estimate of drug-likeness (QED) is 0.876. The minimum atomic E-state index is -3.27. The van der Waals surface area contributed by atoms with Gasteiger partial charge >= 0.3 is 0 Å². The van der Waals surface area contributed by atoms with Gasteiger partial charge in [0.1, 0.15) is 13.2 Å². The summed E-state index contributed by atoms with van der Waals surface area (Å²) >= 11 is 0. The molecule has 1 N–H and O–H groups in total. The number of hydrogen-bond acceptors (Lipinski definition) is 5. The average molecular weight is 283 g/mol. The predicted octanol–water partition coefficient (Wildman–Crippen LogP) is 0.983. The normalized spacial score (nSPS) is 20.2. The number of benzene rings is 1. The second kappa shape index (κ2) is 5.02. The van der Waals surface area contributed by atoms with Crippen LogP contribution in [0.1, 0.15) is 12.8 Å². The van der Waals surface area contributed by atoms with Gasteiger partial charge in [0.25, 0.3) is 0 Å². The van der Waals surface area contributed by atoms with E-state index in [1.54, 1.807) is 18.2 Å². The van der Waals surface area contributed by atoms with E-state index in [-0.39, 0.29) is 5.25 Å². The number of ether oxygens (including phenoxy) is 2. The Bertz CT molecular complexity index is 564. The van der Waals surface area contributed by atoms with E-state index in [1.807, 2.05) is 0 Å². The molecule has 0 spiro atoms. The average Bonchev–Trinajstić information content (AvgIpc) is 2.47. The summed E-state index contributed by atoms with van der Waals surface area (Å²) in [6.45, 7) is 2.49. The Balaban J connectivity index is 1.92. The molecule has 0 saturated carbocycles. The van der Waals surface area contributed by atoms with Gasteiger partial charge in [0.15, 0.2) is 21.3 Å². The van der Waals surface area contributed by atoms with Crippen molar-refractivity contribution in [1.29, 1.82) is 0 Å². The first-order chi connectivity index (χ1) is 9.18. The number of fused-ring (bicyclic) bond motifs is 1. The molecule has 2 aliphatic heterocycles. The first kappa shape index (κ1) is 12.7. The first-order valence-electron chi connectivity index (χ1n) is 6.52. The summed E-state index contributed by atoms with van der Waals surface area (Å²) in [5, 5.41) is 2.88. The smallest absolute Gasteiger partial charge is 0.181 e. The van der Waals surface area contributed by atoms with Crippen LogP contribution < -0.4 is 14.8 Å². The van der Waals surface area contributed by atoms with Gasteiger partial charge in [0.05, 0.1) is 10.1 Å². The molecule has 0 unspecified atom stereocenters. The molecule has 5 nitrogen and oxygen atoms in total. The Morgan fingerprint density at radius 3 is 2.47 bits per heavy atom. The number of hydrogen-bond donors (Lipinski definition) is 1. The Hall–Kier alpha value is -1.27. The maximum atomic E-state index is 12.5. The molecular weight excluding hydrogens is 266 g/mol. The lowest BCUT2D eigenvalue weighted by atomic mass is 10.2. The molecular formula is C13H17NO4S. The van der Waals surface area contributed by atoms with Crippen molar-refractivity contribution < 1.29 is 17.9 Å². The van der Waals surface area contributed by atoms with Crippen molar-refractivity contribution in [2.45, 2.75) is 23.0 Å². The lowest BCUT2D eigenvalue weighted by Crippen LogP contribution is -2.35. The van der Waals surface area contributed by atoms with Crippen molar-refractivity contribution in [1.82, 2.24) is 5.32 Å². The second-order valence-electron chi connectivity index (χ2n) is 4.80. The van der Waals surface area contributed by atoms with E-state index in [0.717, 1.165) is 13.1 Å². The highest BCUT2D eigenvalue weighted by Crippen LogP contribution is 2.34. The molecule has 1 fully saturated rings. The number of rotatable bonds is 2. The Morgan fingerprint density at radius 1 is 1.05 bits per heavy atom. The highest BCUT2D eigenvalue weighted by atomic mass is 32.2. The van der Waals surface area contributed by atoms with Crippen LogP contribution in [0.25, 0.3) is 0 Å². The minimum absolute atomic E-state index is 0.295. The molecule has 19 heavy (non-hydrogen) atoms. The zero-order valence-electron chi connectivity index (χ0n) is 10.6. The van der Waals surface area contributed by atoms with Crippen LogP contribution >= 0.6 is 0 Å². The molecule has 0 aliphatic carbocycles. The summed E-state index contributed by atoms with van der Waals surface area (Å²) in [6.07, 6.45) is 1.33. The molecule has 0 aromatic heterocycles. The molecule has 0 atom stereocenters. The Kier molecular flexibility index (Phi) is 3.36. The van der Waals surface area contributed by atoms with Crippen molar-refractivity contribution in [3.8, 4) is 11.5 Å². The van der Waals surface area contributed by atoms with Crippen LogP contribution in [0.15, 0.2) is 23.1 Å². The summed E-state index contributed by atoms with van der Waals surface area (Å²) in [6, 6.07) is 4.89. The van der Waals surface area contributed by atoms with Crippen LogP contribution in [0.5, 0.6) is 11.5 Å². The van der Waals surface area contributed by atoms with Gasteiger partial charge < -0.3 is 14.8 Å². The van der Waals surface area contributed by atoms with E-state index in [4.69, 9.17) is 9.47 Å². The van der Waals surface area contributed by atoms with Crippen LogP contribution in [0.4, 0.5) is 0 Å². The molecule has 0 radical (unpaired) electrons. The molecule has 1 saturated heterocycles. The molecule has 3 rings (SSSR count). The Labute approximate surface area is 112 Å². The van der Waals surface area contributed by atoms with Crippen LogP contribution in [-0.4, -0.2) is 40.0 Å². The van der Waals surface area contributed by atoms with Crippen LogP contribution in [0, 0.1) is 0 Å². The van der Waals surface area contributed by atoms with Gasteiger partial charge in [-0.05, 0) is 38.1 Å². The van der Waals surface area contributed by atoms with Crippen molar-refractivity contribution in [2.24, 2.45) is 0 Å². The van der Waals surface area contributed by atoms with Crippen molar-refractivity contribution in [3.63, 3.8) is 0 Å². The van der Waals surface area contributed by atoms with Crippen molar-refractivity contribution in [3.05, 3.63) is 18.2 Å². The van der Waals surface area contributed by atoms with Gasteiger partial charge in [-0.1, -0.05) is 0 Å². The Morgan fingerprint density at radius 2 is 1.74 bits per heavy atom. The lowest BCUT2D eigenvalue weighted by molar-refractivity contribution is 0.171. The van der Waals surface area contributed by atoms with Gasteiger partial charge in [-0.15, -0.1) is 0 Å². The monoisotopic (exact) mass is 283 g/mol. The van der Waals surface area contributed by atoms with E-state index in [2.05, 4.69) is 5.32 Å². The molecule has 1 aromatic carbocycles. The van der Waals surface area contributed by atoms with Crippen molar-refractivity contribution in [2.75, 3.05) is 26.3 Å². The maximum absolute atomic E-state index is 12.5. The number of nitrogens with one attached hydrogen (secondary N) is 1. The highest BCUT2D eigenvalue weighted by Gasteiger charge is 2.29. The minimum Gasteiger partial charge on any atom is -0.486 e. The third kappa shape index (κ3) is 2.42. The third-order valence-electron chi connectivity index (χ3n) is 3.57. The topological polar surface area (TPSA) is 64.6 Å². The van der Waals surface area contributed by atoms with Gasteiger partial charge in [-0.25, -0.2) is 8.42 Å². The van der Waals surface area contributed by atoms with E-state index in [1.165, 1.54) is 0 Å². The number of piperidine rings is 1. The van der Waals surface area contributed by atoms with Crippen LogP contribution in [0.2, 0.25) is 0 Å². The summed E-state index contributed by atoms with van der Waals surface area (Å²) in [4.78, 5) is 0.337. The van der Waals surface area contributed by atoms with Crippen LogP contribution in [0.3, 0.4) is 0 Å². The lowest BCUT2D eigenvalue weighted by Gasteiger charge is -2.24. The molecule has 1 aromatic rings. The maximum Gasteiger partial charge on any atom is 0.181 e. The molecule has 2 heterocycles. The SMILES string of the molecule is O=S(=O)(c1ccc2c(c1)OCCO2)C1CCNCC1. The molecule has 0 bridgehead atoms. The van der Waals surface area contributed by atoms with E-state index in [9.17, 15) is 8.42 Å². The third-order valence-corrected chi connectivity index (χ3v) is 5.83. The molecule has 6 heteroatoms. The fourth-order valence-corrected chi connectivity index (χ4v) is 4.27. The fraction of sp³-hybridized carbons (Fsp3) is 0.538. The largest absolute Gasteiger partial charge is 0.486 e. The summed E-state index contributed by atoms with van der Waals surface area (Å²) in [5.41, 5.74) is 0. The molecule has 2 aliphatic rings. The summed E-state index contributed by atoms with van der Waals surface area (Å²) in [7, 11) is -3.27. The zero-order valence-corrected chi connectivity index (χ0v) is 11.4. The number of sulfone groups is 1. The summed E-state index contributed by atoms with van der Waals surface area (Å²) < 4.78 is 35.9. The van der Waals surface area contributed by atoms with E-state index >= 15 is 0 Å². The van der Waals surface area contributed by atoms with E-state index in [0.29, 0.717) is 42.4 Å². The van der Waals surface area contributed by atoms with Gasteiger partial charge in [-0.3, -0.25) is 0 Å². The highest BCUT2D eigenvalue weighted by molar-refractivity contribution is 7.92. The van der Waals surface area contributed by atoms with Gasteiger partial charge in [0.2, 0.25) is 0 Å². The zero-order chi connectivity index (χ0) is 13.3. The van der Waals surface area contributed by atoms with Crippen LogP contribution in [-0.2, 0) is 9.84 Å². The first-order valence-corrected chi connectivity index (χ1v) is 8.07. The predicted molar refractivity (Wildman–Crippen MR) is 70.5 cm³/mol. The fourth-order valence-electron chi connectivity index (χ4n) is 2.50. The molecule has 0 amide bonds. The van der Waals surface area contributed by atoms with Crippen molar-refractivity contribution >= 4 is 9.84 Å². The summed E-state index contributed by atoms with van der Waals surface area (Å²) in [5.74, 6) is 1.15.